The molecule has 0 saturated heterocycles. The van der Waals surface area contributed by atoms with Crippen molar-refractivity contribution in [3.63, 3.8) is 0 Å². The maximum Gasteiger partial charge on any atom is 0.259 e. The number of nitrogens with one attached hydrogen (secondary N) is 1. The Bertz CT molecular complexity index is 1050. The van der Waals surface area contributed by atoms with Crippen molar-refractivity contribution in [3.05, 3.63) is 90.0 Å². The van der Waals surface area contributed by atoms with Gasteiger partial charge >= 0.3 is 0 Å². The number of hydrogen-bond donors (Lipinski definition) is 1. The molecule has 3 aromatic rings. The summed E-state index contributed by atoms with van der Waals surface area (Å²) in [5, 5.41) is 3.07. The minimum absolute atomic E-state index is 0.0622. The Balaban J connectivity index is 1.73. The predicted octanol–water partition coefficient (Wildman–Crippen LogP) is 4.83. The third-order valence-corrected chi connectivity index (χ3v) is 4.93. The zero-order chi connectivity index (χ0) is 22.9. The molecule has 0 aliphatic carbocycles. The van der Waals surface area contributed by atoms with E-state index in [1.165, 1.54) is 4.90 Å². The first-order valence-electron chi connectivity index (χ1n) is 10.5. The molecule has 1 unspecified atom stereocenters. The zero-order valence-corrected chi connectivity index (χ0v) is 18.6. The van der Waals surface area contributed by atoms with Crippen LogP contribution >= 0.6 is 0 Å². The lowest BCUT2D eigenvalue weighted by Gasteiger charge is -2.21. The van der Waals surface area contributed by atoms with Crippen molar-refractivity contribution in [2.45, 2.75) is 19.4 Å². The van der Waals surface area contributed by atoms with Crippen molar-refractivity contribution >= 4 is 11.8 Å². The molecule has 0 saturated carbocycles. The van der Waals surface area contributed by atoms with Crippen LogP contribution in [0.2, 0.25) is 0 Å². The summed E-state index contributed by atoms with van der Waals surface area (Å²) >= 11 is 0. The van der Waals surface area contributed by atoms with E-state index >= 15 is 0 Å². The van der Waals surface area contributed by atoms with Gasteiger partial charge in [0.15, 0.2) is 6.61 Å². The molecule has 3 rings (SSSR count). The molecule has 3 aromatic carbocycles. The van der Waals surface area contributed by atoms with Crippen molar-refractivity contribution in [1.29, 1.82) is 0 Å². The van der Waals surface area contributed by atoms with Crippen LogP contribution in [0.1, 0.15) is 35.3 Å². The Morgan fingerprint density at radius 3 is 2.31 bits per heavy atom. The van der Waals surface area contributed by atoms with E-state index in [-0.39, 0.29) is 24.5 Å². The zero-order valence-electron chi connectivity index (χ0n) is 18.6. The average Bonchev–Trinajstić information content (AvgIpc) is 2.82. The summed E-state index contributed by atoms with van der Waals surface area (Å²) in [6, 6.07) is 23.7. The fourth-order valence-corrected chi connectivity index (χ4v) is 3.14. The Morgan fingerprint density at radius 2 is 1.59 bits per heavy atom. The SMILES string of the molecule is CCC(NC(=O)c1cccc(Oc2ccccc2)c1)c1ccccc1OCC(=O)N(C)C. The minimum Gasteiger partial charge on any atom is -0.483 e. The molecule has 2 amide bonds. The molecule has 32 heavy (non-hydrogen) atoms. The van der Waals surface area contributed by atoms with Gasteiger partial charge in [-0.25, -0.2) is 0 Å². The van der Waals surface area contributed by atoms with Crippen LogP contribution in [0.15, 0.2) is 78.9 Å². The summed E-state index contributed by atoms with van der Waals surface area (Å²) in [6.07, 6.45) is 0.661. The second-order valence-electron chi connectivity index (χ2n) is 7.49. The van der Waals surface area contributed by atoms with Gasteiger partial charge < -0.3 is 19.7 Å². The molecule has 0 aliphatic rings. The third kappa shape index (κ3) is 6.11. The Morgan fingerprint density at radius 1 is 0.906 bits per heavy atom. The first-order chi connectivity index (χ1) is 15.5. The molecule has 0 fully saturated rings. The van der Waals surface area contributed by atoms with E-state index in [0.29, 0.717) is 29.2 Å². The number of hydrogen-bond acceptors (Lipinski definition) is 4. The lowest BCUT2D eigenvalue weighted by atomic mass is 10.0. The van der Waals surface area contributed by atoms with Crippen LogP contribution < -0.4 is 14.8 Å². The standard InChI is InChI=1S/C26H28N2O4/c1-4-23(22-15-8-9-16-24(22)31-18-25(29)28(2)3)27-26(30)19-11-10-14-21(17-19)32-20-12-6-5-7-13-20/h5-17,23H,4,18H2,1-3H3,(H,27,30). The molecule has 0 aliphatic heterocycles. The molecular formula is C26H28N2O4. The summed E-state index contributed by atoms with van der Waals surface area (Å²) in [6.45, 7) is 1.93. The topological polar surface area (TPSA) is 67.9 Å². The number of nitrogens with zero attached hydrogens (tertiary/aromatic N) is 1. The van der Waals surface area contributed by atoms with E-state index in [9.17, 15) is 9.59 Å². The fourth-order valence-electron chi connectivity index (χ4n) is 3.14. The quantitative estimate of drug-likeness (QED) is 0.526. The van der Waals surface area contributed by atoms with Crippen LogP contribution in [0.4, 0.5) is 0 Å². The second-order valence-corrected chi connectivity index (χ2v) is 7.49. The highest BCUT2D eigenvalue weighted by atomic mass is 16.5. The van der Waals surface area contributed by atoms with Gasteiger partial charge in [-0.15, -0.1) is 0 Å². The predicted molar refractivity (Wildman–Crippen MR) is 124 cm³/mol. The number of likely N-dealkylation sites (N-methyl/N-ethyl adjacent to an activating group) is 1. The summed E-state index contributed by atoms with van der Waals surface area (Å²) < 4.78 is 11.6. The van der Waals surface area contributed by atoms with Crippen molar-refractivity contribution in [3.8, 4) is 17.2 Å². The summed E-state index contributed by atoms with van der Waals surface area (Å²) in [7, 11) is 3.37. The van der Waals surface area contributed by atoms with E-state index < -0.39 is 0 Å². The van der Waals surface area contributed by atoms with Gasteiger partial charge in [0.25, 0.3) is 11.8 Å². The van der Waals surface area contributed by atoms with E-state index in [1.54, 1.807) is 38.4 Å². The number of carbonyl (C=O) groups is 2. The number of amides is 2. The molecule has 0 radical (unpaired) electrons. The van der Waals surface area contributed by atoms with Gasteiger partial charge in [0.1, 0.15) is 17.2 Å². The number of benzene rings is 3. The second kappa shape index (κ2) is 11.0. The van der Waals surface area contributed by atoms with Crippen LogP contribution in [-0.4, -0.2) is 37.4 Å². The highest BCUT2D eigenvalue weighted by molar-refractivity contribution is 5.94. The van der Waals surface area contributed by atoms with Gasteiger partial charge in [-0.1, -0.05) is 49.4 Å². The lowest BCUT2D eigenvalue weighted by molar-refractivity contribution is -0.130. The van der Waals surface area contributed by atoms with E-state index in [4.69, 9.17) is 9.47 Å². The Kier molecular flexibility index (Phi) is 7.86. The lowest BCUT2D eigenvalue weighted by Crippen LogP contribution is -2.30. The summed E-state index contributed by atoms with van der Waals surface area (Å²) in [5.74, 6) is 1.52. The molecule has 0 heterocycles. The maximum absolute atomic E-state index is 13.0. The van der Waals surface area contributed by atoms with E-state index in [1.807, 2.05) is 61.5 Å². The average molecular weight is 433 g/mol. The monoisotopic (exact) mass is 432 g/mol. The minimum atomic E-state index is -0.271. The fraction of sp³-hybridized carbons (Fsp3) is 0.231. The molecule has 0 aromatic heterocycles. The molecule has 1 N–H and O–H groups in total. The first kappa shape index (κ1) is 22.9. The van der Waals surface area contributed by atoms with Crippen LogP contribution in [0, 0.1) is 0 Å². The Hall–Kier alpha value is -3.80. The van der Waals surface area contributed by atoms with Crippen molar-refractivity contribution < 1.29 is 19.1 Å². The third-order valence-electron chi connectivity index (χ3n) is 4.93. The molecule has 1 atom stereocenters. The van der Waals surface area contributed by atoms with Gasteiger partial charge in [0.2, 0.25) is 0 Å². The van der Waals surface area contributed by atoms with E-state index in [0.717, 1.165) is 5.56 Å². The molecule has 0 spiro atoms. The van der Waals surface area contributed by atoms with Crippen LogP contribution in [0.3, 0.4) is 0 Å². The number of para-hydroxylation sites is 2. The first-order valence-corrected chi connectivity index (χ1v) is 10.5. The smallest absolute Gasteiger partial charge is 0.259 e. The van der Waals surface area contributed by atoms with Crippen LogP contribution in [0.5, 0.6) is 17.2 Å². The van der Waals surface area contributed by atoms with Crippen LogP contribution in [-0.2, 0) is 4.79 Å². The maximum atomic E-state index is 13.0. The molecule has 6 heteroatoms. The van der Waals surface area contributed by atoms with Gasteiger partial charge in [0, 0.05) is 25.2 Å². The number of ether oxygens (including phenoxy) is 2. The van der Waals surface area contributed by atoms with Gasteiger partial charge in [0.05, 0.1) is 6.04 Å². The molecular weight excluding hydrogens is 404 g/mol. The van der Waals surface area contributed by atoms with Crippen LogP contribution in [0.25, 0.3) is 0 Å². The number of rotatable bonds is 9. The van der Waals surface area contributed by atoms with Crippen molar-refractivity contribution in [1.82, 2.24) is 10.2 Å². The normalized spacial score (nSPS) is 11.3. The molecule has 6 nitrogen and oxygen atoms in total. The van der Waals surface area contributed by atoms with Gasteiger partial charge in [-0.3, -0.25) is 9.59 Å². The Labute approximate surface area is 188 Å². The summed E-state index contributed by atoms with van der Waals surface area (Å²) in [5.41, 5.74) is 1.32. The van der Waals surface area contributed by atoms with Gasteiger partial charge in [-0.05, 0) is 42.8 Å². The van der Waals surface area contributed by atoms with Gasteiger partial charge in [-0.2, -0.15) is 0 Å². The van der Waals surface area contributed by atoms with Crippen molar-refractivity contribution in [2.24, 2.45) is 0 Å². The van der Waals surface area contributed by atoms with E-state index in [2.05, 4.69) is 5.32 Å². The number of carbonyl (C=O) groups excluding carboxylic acids is 2. The largest absolute Gasteiger partial charge is 0.483 e. The highest BCUT2D eigenvalue weighted by Crippen LogP contribution is 2.28. The highest BCUT2D eigenvalue weighted by Gasteiger charge is 2.19. The van der Waals surface area contributed by atoms with Crippen molar-refractivity contribution in [2.75, 3.05) is 20.7 Å². The molecule has 166 valence electrons. The molecule has 0 bridgehead atoms. The summed E-state index contributed by atoms with van der Waals surface area (Å²) in [4.78, 5) is 26.4.